The summed E-state index contributed by atoms with van der Waals surface area (Å²) >= 11 is 0. The lowest BCUT2D eigenvalue weighted by Crippen LogP contribution is -2.27. The van der Waals surface area contributed by atoms with Gasteiger partial charge >= 0.3 is 0 Å². The van der Waals surface area contributed by atoms with Gasteiger partial charge in [0, 0.05) is 36.0 Å². The van der Waals surface area contributed by atoms with Crippen molar-refractivity contribution in [2.24, 2.45) is 0 Å². The summed E-state index contributed by atoms with van der Waals surface area (Å²) in [6.07, 6.45) is 1.67. The van der Waals surface area contributed by atoms with Crippen LogP contribution in [0.5, 0.6) is 0 Å². The molecule has 0 aromatic heterocycles. The summed E-state index contributed by atoms with van der Waals surface area (Å²) in [5, 5.41) is 13.6. The van der Waals surface area contributed by atoms with E-state index in [-0.39, 0.29) is 16.1 Å². The Kier molecular flexibility index (Phi) is 5.24. The predicted octanol–water partition coefficient (Wildman–Crippen LogP) is 2.94. The standard InChI is InChI=1S/C18H19N3O5S/c1-13-7-8-14(11-17(13)21(23)24)18(22)19-15-5-4-6-16(12-15)27(25,26)20-9-2-3-10-20/h4-8,11-12H,2-3,9-10H2,1H3,(H,19,22). The second kappa shape index (κ2) is 7.45. The zero-order valence-corrected chi connectivity index (χ0v) is 15.5. The molecule has 0 saturated carbocycles. The number of sulfonamides is 1. The topological polar surface area (TPSA) is 110 Å². The van der Waals surface area contributed by atoms with E-state index in [2.05, 4.69) is 5.32 Å². The summed E-state index contributed by atoms with van der Waals surface area (Å²) < 4.78 is 26.7. The minimum absolute atomic E-state index is 0.108. The third kappa shape index (κ3) is 3.99. The van der Waals surface area contributed by atoms with E-state index in [1.54, 1.807) is 19.1 Å². The Bertz CT molecular complexity index is 998. The number of hydrogen-bond acceptors (Lipinski definition) is 5. The molecule has 3 rings (SSSR count). The highest BCUT2D eigenvalue weighted by Gasteiger charge is 2.27. The Labute approximate surface area is 157 Å². The second-order valence-corrected chi connectivity index (χ2v) is 8.29. The van der Waals surface area contributed by atoms with Crippen molar-refractivity contribution in [3.8, 4) is 0 Å². The molecule has 1 aliphatic heterocycles. The minimum atomic E-state index is -3.59. The molecular weight excluding hydrogens is 370 g/mol. The van der Waals surface area contributed by atoms with Gasteiger partial charge in [-0.25, -0.2) is 8.42 Å². The molecule has 1 heterocycles. The second-order valence-electron chi connectivity index (χ2n) is 6.35. The maximum atomic E-state index is 12.6. The van der Waals surface area contributed by atoms with Crippen LogP contribution in [-0.4, -0.2) is 36.6 Å². The van der Waals surface area contributed by atoms with Gasteiger partial charge in [-0.3, -0.25) is 14.9 Å². The van der Waals surface area contributed by atoms with Crippen molar-refractivity contribution in [3.63, 3.8) is 0 Å². The van der Waals surface area contributed by atoms with Crippen LogP contribution in [0.3, 0.4) is 0 Å². The number of carbonyl (C=O) groups excluding carboxylic acids is 1. The molecule has 1 amide bonds. The van der Waals surface area contributed by atoms with E-state index < -0.39 is 20.9 Å². The fourth-order valence-corrected chi connectivity index (χ4v) is 4.53. The molecule has 2 aromatic rings. The number of carbonyl (C=O) groups is 1. The van der Waals surface area contributed by atoms with Crippen molar-refractivity contribution in [2.75, 3.05) is 18.4 Å². The van der Waals surface area contributed by atoms with Crippen LogP contribution in [0.2, 0.25) is 0 Å². The van der Waals surface area contributed by atoms with Crippen molar-refractivity contribution >= 4 is 27.3 Å². The number of hydrogen-bond donors (Lipinski definition) is 1. The van der Waals surface area contributed by atoms with E-state index in [9.17, 15) is 23.3 Å². The summed E-state index contributed by atoms with van der Waals surface area (Å²) in [5.74, 6) is -0.547. The van der Waals surface area contributed by atoms with Crippen LogP contribution in [0.4, 0.5) is 11.4 Å². The highest BCUT2D eigenvalue weighted by Crippen LogP contribution is 2.24. The van der Waals surface area contributed by atoms with Crippen LogP contribution in [0.1, 0.15) is 28.8 Å². The first kappa shape index (κ1) is 19.0. The molecule has 1 N–H and O–H groups in total. The van der Waals surface area contributed by atoms with Crippen LogP contribution < -0.4 is 5.32 Å². The Balaban J connectivity index is 1.83. The summed E-state index contributed by atoms with van der Waals surface area (Å²) in [5.41, 5.74) is 0.742. The van der Waals surface area contributed by atoms with Gasteiger partial charge in [0.1, 0.15) is 0 Å². The van der Waals surface area contributed by atoms with Gasteiger partial charge in [-0.2, -0.15) is 4.31 Å². The van der Waals surface area contributed by atoms with E-state index in [1.807, 2.05) is 0 Å². The van der Waals surface area contributed by atoms with Crippen molar-refractivity contribution < 1.29 is 18.1 Å². The molecule has 8 nitrogen and oxygen atoms in total. The van der Waals surface area contributed by atoms with Crippen LogP contribution in [-0.2, 0) is 10.0 Å². The monoisotopic (exact) mass is 389 g/mol. The molecule has 1 fully saturated rings. The molecule has 1 aliphatic rings. The summed E-state index contributed by atoms with van der Waals surface area (Å²) in [4.78, 5) is 23.0. The van der Waals surface area contributed by atoms with Crippen molar-refractivity contribution in [2.45, 2.75) is 24.7 Å². The largest absolute Gasteiger partial charge is 0.322 e. The van der Waals surface area contributed by atoms with Gasteiger partial charge in [0.05, 0.1) is 9.82 Å². The lowest BCUT2D eigenvalue weighted by molar-refractivity contribution is -0.385. The molecule has 2 aromatic carbocycles. The Hall–Kier alpha value is -2.78. The lowest BCUT2D eigenvalue weighted by atomic mass is 10.1. The normalized spacial score (nSPS) is 14.9. The van der Waals surface area contributed by atoms with Gasteiger partial charge in [-0.05, 0) is 44.0 Å². The molecule has 1 saturated heterocycles. The third-order valence-corrected chi connectivity index (χ3v) is 6.36. The number of anilines is 1. The molecule has 0 bridgehead atoms. The lowest BCUT2D eigenvalue weighted by Gasteiger charge is -2.16. The smallest absolute Gasteiger partial charge is 0.273 e. The molecular formula is C18H19N3O5S. The first-order chi connectivity index (χ1) is 12.8. The zero-order chi connectivity index (χ0) is 19.6. The van der Waals surface area contributed by atoms with E-state index in [4.69, 9.17) is 0 Å². The van der Waals surface area contributed by atoms with Crippen LogP contribution in [0.25, 0.3) is 0 Å². The highest BCUT2D eigenvalue weighted by molar-refractivity contribution is 7.89. The fraction of sp³-hybridized carbons (Fsp3) is 0.278. The van der Waals surface area contributed by atoms with Gasteiger partial charge in [0.25, 0.3) is 11.6 Å². The summed E-state index contributed by atoms with van der Waals surface area (Å²) in [7, 11) is -3.59. The molecule has 0 unspecified atom stereocenters. The van der Waals surface area contributed by atoms with Crippen LogP contribution in [0.15, 0.2) is 47.4 Å². The van der Waals surface area contributed by atoms with E-state index in [0.29, 0.717) is 24.3 Å². The number of rotatable bonds is 5. The van der Waals surface area contributed by atoms with Crippen molar-refractivity contribution in [1.29, 1.82) is 0 Å². The molecule has 142 valence electrons. The number of amides is 1. The zero-order valence-electron chi connectivity index (χ0n) is 14.7. The maximum absolute atomic E-state index is 12.6. The van der Waals surface area contributed by atoms with Gasteiger partial charge in [0.15, 0.2) is 0 Å². The molecule has 0 aliphatic carbocycles. The SMILES string of the molecule is Cc1ccc(C(=O)Nc2cccc(S(=O)(=O)N3CCCC3)c2)cc1[N+](=O)[O-]. The molecule has 0 spiro atoms. The van der Waals surface area contributed by atoms with Crippen LogP contribution in [0, 0.1) is 17.0 Å². The number of nitrogens with one attached hydrogen (secondary N) is 1. The maximum Gasteiger partial charge on any atom is 0.273 e. The van der Waals surface area contributed by atoms with Gasteiger partial charge in [-0.1, -0.05) is 12.1 Å². The van der Waals surface area contributed by atoms with Gasteiger partial charge in [0.2, 0.25) is 10.0 Å². The third-order valence-electron chi connectivity index (χ3n) is 4.46. The molecule has 27 heavy (non-hydrogen) atoms. The number of benzene rings is 2. The fourth-order valence-electron chi connectivity index (χ4n) is 2.96. The Morgan fingerprint density at radius 1 is 1.15 bits per heavy atom. The summed E-state index contributed by atoms with van der Waals surface area (Å²) in [6.45, 7) is 2.57. The summed E-state index contributed by atoms with van der Waals surface area (Å²) in [6, 6.07) is 10.2. The number of nitro groups is 1. The molecule has 0 atom stereocenters. The first-order valence-corrected chi connectivity index (χ1v) is 9.89. The average molecular weight is 389 g/mol. The number of nitrogens with zero attached hydrogens (tertiary/aromatic N) is 2. The Morgan fingerprint density at radius 3 is 2.52 bits per heavy atom. The van der Waals surface area contributed by atoms with E-state index in [1.165, 1.54) is 34.6 Å². The minimum Gasteiger partial charge on any atom is -0.322 e. The van der Waals surface area contributed by atoms with E-state index in [0.717, 1.165) is 12.8 Å². The predicted molar refractivity (Wildman–Crippen MR) is 100 cm³/mol. The van der Waals surface area contributed by atoms with Gasteiger partial charge in [-0.15, -0.1) is 0 Å². The first-order valence-electron chi connectivity index (χ1n) is 8.45. The van der Waals surface area contributed by atoms with Crippen molar-refractivity contribution in [3.05, 3.63) is 63.7 Å². The Morgan fingerprint density at radius 2 is 1.85 bits per heavy atom. The molecule has 0 radical (unpaired) electrons. The van der Waals surface area contributed by atoms with E-state index >= 15 is 0 Å². The number of aryl methyl sites for hydroxylation is 1. The van der Waals surface area contributed by atoms with Crippen LogP contribution >= 0.6 is 0 Å². The van der Waals surface area contributed by atoms with Gasteiger partial charge < -0.3 is 5.32 Å². The van der Waals surface area contributed by atoms with Crippen molar-refractivity contribution in [1.82, 2.24) is 4.31 Å². The molecule has 9 heteroatoms. The highest BCUT2D eigenvalue weighted by atomic mass is 32.2. The quantitative estimate of drug-likeness (QED) is 0.624. The number of nitro benzene ring substituents is 1. The average Bonchev–Trinajstić information content (AvgIpc) is 3.17.